The van der Waals surface area contributed by atoms with E-state index < -0.39 is 18.1 Å². The number of rotatable bonds is 3. The third-order valence-electron chi connectivity index (χ3n) is 3.82. The molecule has 0 radical (unpaired) electrons. The van der Waals surface area contributed by atoms with Crippen LogP contribution in [0.25, 0.3) is 0 Å². The Bertz CT molecular complexity index is 290. The normalized spacial score (nSPS) is 33.2. The van der Waals surface area contributed by atoms with Gasteiger partial charge in [-0.05, 0) is 31.8 Å². The molecule has 2 rings (SSSR count). The second kappa shape index (κ2) is 5.95. The van der Waals surface area contributed by atoms with E-state index in [1.165, 1.54) is 0 Å². The smallest absolute Gasteiger partial charge is 0.393 e. The molecule has 1 N–H and O–H groups in total. The van der Waals surface area contributed by atoms with Crippen LogP contribution in [0.5, 0.6) is 0 Å². The standard InChI is InChI=1S/C13H20F3NO/c14-13(15,16)11-6-1-2-7-12(11)17-9-10-5-3-4-8-18-10/h4,8,10-12,17H,1-3,5-7,9H2/t10-,11-,12+/m1/s1. The lowest BCUT2D eigenvalue weighted by Gasteiger charge is -2.34. The summed E-state index contributed by atoms with van der Waals surface area (Å²) in [6.07, 6.45) is 3.80. The molecule has 0 saturated heterocycles. The zero-order chi connectivity index (χ0) is 13.0. The topological polar surface area (TPSA) is 21.3 Å². The molecular formula is C13H20F3NO. The summed E-state index contributed by atoms with van der Waals surface area (Å²) in [4.78, 5) is 0. The number of ether oxygens (including phenoxy) is 1. The van der Waals surface area contributed by atoms with Crippen LogP contribution in [-0.2, 0) is 4.74 Å². The molecule has 1 fully saturated rings. The summed E-state index contributed by atoms with van der Waals surface area (Å²) in [5, 5.41) is 3.07. The van der Waals surface area contributed by atoms with Gasteiger partial charge in [0.2, 0.25) is 0 Å². The lowest BCUT2D eigenvalue weighted by molar-refractivity contribution is -0.189. The van der Waals surface area contributed by atoms with Crippen molar-refractivity contribution in [3.8, 4) is 0 Å². The fourth-order valence-corrected chi connectivity index (χ4v) is 2.78. The van der Waals surface area contributed by atoms with Gasteiger partial charge in [-0.15, -0.1) is 0 Å². The van der Waals surface area contributed by atoms with Crippen molar-refractivity contribution in [1.82, 2.24) is 5.32 Å². The van der Waals surface area contributed by atoms with Crippen LogP contribution >= 0.6 is 0 Å². The van der Waals surface area contributed by atoms with Gasteiger partial charge in [-0.3, -0.25) is 0 Å². The van der Waals surface area contributed by atoms with Crippen molar-refractivity contribution in [1.29, 1.82) is 0 Å². The molecule has 0 aromatic carbocycles. The van der Waals surface area contributed by atoms with Gasteiger partial charge in [-0.25, -0.2) is 0 Å². The van der Waals surface area contributed by atoms with Gasteiger partial charge in [0.25, 0.3) is 0 Å². The number of nitrogens with one attached hydrogen (secondary N) is 1. The summed E-state index contributed by atoms with van der Waals surface area (Å²) in [6.45, 7) is 0.515. The Labute approximate surface area is 106 Å². The van der Waals surface area contributed by atoms with Crippen LogP contribution in [0.3, 0.4) is 0 Å². The molecule has 3 atom stereocenters. The largest absolute Gasteiger partial charge is 0.497 e. The molecule has 104 valence electrons. The van der Waals surface area contributed by atoms with Crippen molar-refractivity contribution in [2.24, 2.45) is 5.92 Å². The van der Waals surface area contributed by atoms with Crippen LogP contribution in [0.1, 0.15) is 38.5 Å². The Morgan fingerprint density at radius 1 is 1.17 bits per heavy atom. The number of hydrogen-bond donors (Lipinski definition) is 1. The van der Waals surface area contributed by atoms with E-state index in [0.29, 0.717) is 19.4 Å². The molecule has 1 aliphatic heterocycles. The van der Waals surface area contributed by atoms with Gasteiger partial charge >= 0.3 is 6.18 Å². The number of hydrogen-bond acceptors (Lipinski definition) is 2. The van der Waals surface area contributed by atoms with Crippen molar-refractivity contribution in [3.63, 3.8) is 0 Å². The van der Waals surface area contributed by atoms with Crippen LogP contribution in [0.4, 0.5) is 13.2 Å². The van der Waals surface area contributed by atoms with Crippen LogP contribution in [-0.4, -0.2) is 24.9 Å². The Morgan fingerprint density at radius 3 is 2.61 bits per heavy atom. The SMILES string of the molecule is FC(F)(F)[C@@H]1CCCC[C@@H]1NC[C@H]1CCC=CO1. The number of alkyl halides is 3. The summed E-state index contributed by atoms with van der Waals surface area (Å²) in [7, 11) is 0. The third-order valence-corrected chi connectivity index (χ3v) is 3.82. The highest BCUT2D eigenvalue weighted by molar-refractivity contribution is 4.88. The molecular weight excluding hydrogens is 243 g/mol. The van der Waals surface area contributed by atoms with Crippen LogP contribution in [0.15, 0.2) is 12.3 Å². The van der Waals surface area contributed by atoms with Crippen molar-refractivity contribution in [3.05, 3.63) is 12.3 Å². The van der Waals surface area contributed by atoms with Crippen molar-refractivity contribution in [2.45, 2.75) is 56.8 Å². The first-order valence-electron chi connectivity index (χ1n) is 6.68. The summed E-state index contributed by atoms with van der Waals surface area (Å²) in [5.41, 5.74) is 0. The molecule has 0 unspecified atom stereocenters. The maximum Gasteiger partial charge on any atom is 0.393 e. The number of halogens is 3. The second-order valence-electron chi connectivity index (χ2n) is 5.15. The van der Waals surface area contributed by atoms with Gasteiger partial charge in [-0.2, -0.15) is 13.2 Å². The zero-order valence-corrected chi connectivity index (χ0v) is 10.4. The number of allylic oxidation sites excluding steroid dienone is 1. The van der Waals surface area contributed by atoms with E-state index in [2.05, 4.69) is 5.32 Å². The Kier molecular flexibility index (Phi) is 4.54. The van der Waals surface area contributed by atoms with E-state index in [1.807, 2.05) is 6.08 Å². The molecule has 1 aliphatic carbocycles. The van der Waals surface area contributed by atoms with E-state index in [9.17, 15) is 13.2 Å². The monoisotopic (exact) mass is 263 g/mol. The highest BCUT2D eigenvalue weighted by Gasteiger charge is 2.45. The van der Waals surface area contributed by atoms with E-state index in [1.54, 1.807) is 6.26 Å². The fraction of sp³-hybridized carbons (Fsp3) is 0.846. The van der Waals surface area contributed by atoms with Gasteiger partial charge < -0.3 is 10.1 Å². The van der Waals surface area contributed by atoms with Gasteiger partial charge in [0, 0.05) is 12.6 Å². The van der Waals surface area contributed by atoms with Crippen LogP contribution < -0.4 is 5.32 Å². The molecule has 1 saturated carbocycles. The fourth-order valence-electron chi connectivity index (χ4n) is 2.78. The molecule has 2 nitrogen and oxygen atoms in total. The average molecular weight is 263 g/mol. The maximum atomic E-state index is 12.9. The molecule has 0 spiro atoms. The Morgan fingerprint density at radius 2 is 1.94 bits per heavy atom. The van der Waals surface area contributed by atoms with Gasteiger partial charge in [-0.1, -0.05) is 12.8 Å². The minimum atomic E-state index is -4.08. The Hall–Kier alpha value is -0.710. The van der Waals surface area contributed by atoms with E-state index >= 15 is 0 Å². The van der Waals surface area contributed by atoms with E-state index in [0.717, 1.165) is 19.3 Å². The average Bonchev–Trinajstić information content (AvgIpc) is 2.37. The van der Waals surface area contributed by atoms with Gasteiger partial charge in [0.15, 0.2) is 0 Å². The zero-order valence-electron chi connectivity index (χ0n) is 10.4. The quantitative estimate of drug-likeness (QED) is 0.842. The molecule has 18 heavy (non-hydrogen) atoms. The predicted molar refractivity (Wildman–Crippen MR) is 63.1 cm³/mol. The first kappa shape index (κ1) is 13.7. The van der Waals surface area contributed by atoms with Crippen molar-refractivity contribution in [2.75, 3.05) is 6.54 Å². The Balaban J connectivity index is 1.83. The highest BCUT2D eigenvalue weighted by Crippen LogP contribution is 2.37. The highest BCUT2D eigenvalue weighted by atomic mass is 19.4. The maximum absolute atomic E-state index is 12.9. The van der Waals surface area contributed by atoms with E-state index in [-0.39, 0.29) is 12.5 Å². The molecule has 0 aromatic rings. The molecule has 0 amide bonds. The third kappa shape index (κ3) is 3.64. The molecule has 2 aliphatic rings. The van der Waals surface area contributed by atoms with Gasteiger partial charge in [0.1, 0.15) is 6.10 Å². The minimum Gasteiger partial charge on any atom is -0.497 e. The molecule has 1 heterocycles. The lowest BCUT2D eigenvalue weighted by Crippen LogP contribution is -2.47. The molecule has 5 heteroatoms. The first-order chi connectivity index (χ1) is 8.57. The van der Waals surface area contributed by atoms with Gasteiger partial charge in [0.05, 0.1) is 12.2 Å². The van der Waals surface area contributed by atoms with Crippen molar-refractivity contribution < 1.29 is 17.9 Å². The summed E-state index contributed by atoms with van der Waals surface area (Å²) in [6, 6.07) is -0.437. The van der Waals surface area contributed by atoms with Crippen LogP contribution in [0, 0.1) is 5.92 Å². The second-order valence-corrected chi connectivity index (χ2v) is 5.15. The minimum absolute atomic E-state index is 0.0193. The summed E-state index contributed by atoms with van der Waals surface area (Å²) >= 11 is 0. The lowest BCUT2D eigenvalue weighted by atomic mass is 9.84. The summed E-state index contributed by atoms with van der Waals surface area (Å²) in [5.74, 6) is -1.19. The van der Waals surface area contributed by atoms with Crippen LogP contribution in [0.2, 0.25) is 0 Å². The predicted octanol–water partition coefficient (Wildman–Crippen LogP) is 3.39. The first-order valence-corrected chi connectivity index (χ1v) is 6.68. The molecule has 0 bridgehead atoms. The molecule has 0 aromatic heterocycles. The summed E-state index contributed by atoms with van der Waals surface area (Å²) < 4.78 is 44.0. The van der Waals surface area contributed by atoms with Crippen molar-refractivity contribution >= 4 is 0 Å². The van der Waals surface area contributed by atoms with E-state index in [4.69, 9.17) is 4.74 Å².